The molecule has 0 spiro atoms. The summed E-state index contributed by atoms with van der Waals surface area (Å²) in [5.74, 6) is 0. The van der Waals surface area contributed by atoms with E-state index in [-0.39, 0.29) is 0 Å². The van der Waals surface area contributed by atoms with E-state index in [0.29, 0.717) is 0 Å². The van der Waals surface area contributed by atoms with E-state index in [0.717, 1.165) is 22.7 Å². The molecule has 0 aliphatic rings. The van der Waals surface area contributed by atoms with E-state index in [2.05, 4.69) is 191 Å². The van der Waals surface area contributed by atoms with Crippen LogP contribution in [0.2, 0.25) is 0 Å². The monoisotopic (exact) mass is 586 g/mol. The van der Waals surface area contributed by atoms with Crippen molar-refractivity contribution >= 4 is 60.4 Å². The Morgan fingerprint density at radius 3 is 1.74 bits per heavy atom. The number of anilines is 3. The second-order valence-corrected chi connectivity index (χ2v) is 11.8. The molecule has 0 radical (unpaired) electrons. The van der Waals surface area contributed by atoms with Gasteiger partial charge < -0.3 is 9.47 Å². The van der Waals surface area contributed by atoms with Gasteiger partial charge in [-0.05, 0) is 93.3 Å². The summed E-state index contributed by atoms with van der Waals surface area (Å²) in [6.45, 7) is 0. The zero-order chi connectivity index (χ0) is 30.5. The average Bonchev–Trinajstić information content (AvgIpc) is 3.47. The second-order valence-electron chi connectivity index (χ2n) is 11.8. The molecule has 0 aliphatic carbocycles. The summed E-state index contributed by atoms with van der Waals surface area (Å²) < 4.78 is 2.43. The van der Waals surface area contributed by atoms with Gasteiger partial charge in [-0.1, -0.05) is 121 Å². The summed E-state index contributed by atoms with van der Waals surface area (Å²) >= 11 is 0. The minimum Gasteiger partial charge on any atom is -0.310 e. The van der Waals surface area contributed by atoms with Crippen LogP contribution in [0.15, 0.2) is 182 Å². The minimum absolute atomic E-state index is 1.12. The Bertz CT molecular complexity index is 2510. The van der Waals surface area contributed by atoms with Crippen LogP contribution in [0.1, 0.15) is 0 Å². The topological polar surface area (TPSA) is 8.17 Å². The Kier molecular flexibility index (Phi) is 6.17. The number of nitrogens with zero attached hydrogens (tertiary/aromatic N) is 2. The summed E-state index contributed by atoms with van der Waals surface area (Å²) in [5.41, 5.74) is 9.35. The Balaban J connectivity index is 1.29. The summed E-state index contributed by atoms with van der Waals surface area (Å²) in [6.07, 6.45) is 0. The fourth-order valence-corrected chi connectivity index (χ4v) is 6.97. The van der Waals surface area contributed by atoms with Crippen molar-refractivity contribution in [2.24, 2.45) is 0 Å². The first kappa shape index (κ1) is 26.3. The quantitative estimate of drug-likeness (QED) is 0.195. The molecule has 0 aliphatic heterocycles. The molecule has 0 N–H and O–H groups in total. The van der Waals surface area contributed by atoms with Crippen molar-refractivity contribution in [2.45, 2.75) is 0 Å². The zero-order valence-electron chi connectivity index (χ0n) is 25.2. The molecule has 9 rings (SSSR count). The van der Waals surface area contributed by atoms with Crippen molar-refractivity contribution in [3.05, 3.63) is 182 Å². The summed E-state index contributed by atoms with van der Waals surface area (Å²) in [6, 6.07) is 65.7. The van der Waals surface area contributed by atoms with Crippen LogP contribution in [-0.4, -0.2) is 4.57 Å². The third kappa shape index (κ3) is 4.35. The van der Waals surface area contributed by atoms with E-state index in [1.165, 1.54) is 54.5 Å². The van der Waals surface area contributed by atoms with E-state index in [1.54, 1.807) is 0 Å². The van der Waals surface area contributed by atoms with Crippen molar-refractivity contribution < 1.29 is 0 Å². The highest BCUT2D eigenvalue weighted by Crippen LogP contribution is 2.42. The molecule has 0 saturated carbocycles. The highest BCUT2D eigenvalue weighted by Gasteiger charge is 2.19. The number of para-hydroxylation sites is 1. The average molecular weight is 587 g/mol. The van der Waals surface area contributed by atoms with E-state index >= 15 is 0 Å². The van der Waals surface area contributed by atoms with Gasteiger partial charge in [0.2, 0.25) is 0 Å². The molecule has 1 aromatic heterocycles. The first-order chi connectivity index (χ1) is 22.8. The fourth-order valence-electron chi connectivity index (χ4n) is 6.97. The largest absolute Gasteiger partial charge is 0.310 e. The number of hydrogen-bond acceptors (Lipinski definition) is 1. The normalized spacial score (nSPS) is 11.5. The molecule has 46 heavy (non-hydrogen) atoms. The van der Waals surface area contributed by atoms with Crippen molar-refractivity contribution in [3.63, 3.8) is 0 Å². The molecule has 0 bridgehead atoms. The minimum atomic E-state index is 1.12. The predicted molar refractivity (Wildman–Crippen MR) is 196 cm³/mol. The van der Waals surface area contributed by atoms with E-state index < -0.39 is 0 Å². The van der Waals surface area contributed by atoms with Crippen LogP contribution in [0, 0.1) is 0 Å². The van der Waals surface area contributed by atoms with Gasteiger partial charge in [-0.3, -0.25) is 0 Å². The van der Waals surface area contributed by atoms with Gasteiger partial charge in [-0.2, -0.15) is 0 Å². The molecule has 9 aromatic rings. The number of rotatable bonds is 5. The van der Waals surface area contributed by atoms with Gasteiger partial charge in [0, 0.05) is 33.5 Å². The van der Waals surface area contributed by atoms with Gasteiger partial charge in [-0.15, -0.1) is 0 Å². The molecule has 8 aromatic carbocycles. The summed E-state index contributed by atoms with van der Waals surface area (Å²) in [7, 11) is 0. The van der Waals surface area contributed by atoms with Gasteiger partial charge in [0.15, 0.2) is 0 Å². The van der Waals surface area contributed by atoms with Crippen LogP contribution >= 0.6 is 0 Å². The maximum absolute atomic E-state index is 2.43. The summed E-state index contributed by atoms with van der Waals surface area (Å²) in [5, 5.41) is 7.50. The van der Waals surface area contributed by atoms with Gasteiger partial charge in [-0.25, -0.2) is 0 Å². The van der Waals surface area contributed by atoms with Crippen molar-refractivity contribution in [2.75, 3.05) is 4.90 Å². The lowest BCUT2D eigenvalue weighted by molar-refractivity contribution is 1.18. The third-order valence-electron chi connectivity index (χ3n) is 9.13. The molecule has 1 heterocycles. The molecule has 0 fully saturated rings. The SMILES string of the molecule is c1ccc(-c2ccc(N(c3ccccc3)c3ccc4c(c3)c3c5ccccc5ccc3n4-c3ccc4ccccc4c3)cc2)cc1. The van der Waals surface area contributed by atoms with Crippen molar-refractivity contribution in [1.29, 1.82) is 0 Å². The number of fused-ring (bicyclic) bond motifs is 6. The maximum atomic E-state index is 2.43. The molecule has 2 heteroatoms. The van der Waals surface area contributed by atoms with Gasteiger partial charge in [0.05, 0.1) is 11.0 Å². The van der Waals surface area contributed by atoms with Crippen LogP contribution in [0.5, 0.6) is 0 Å². The van der Waals surface area contributed by atoms with Crippen LogP contribution in [0.25, 0.3) is 60.2 Å². The Morgan fingerprint density at radius 2 is 0.935 bits per heavy atom. The molecule has 0 atom stereocenters. The lowest BCUT2D eigenvalue weighted by atomic mass is 10.0. The number of aromatic nitrogens is 1. The molecule has 0 amide bonds. The first-order valence-electron chi connectivity index (χ1n) is 15.8. The smallest absolute Gasteiger partial charge is 0.0547 e. The second kappa shape index (κ2) is 10.8. The molecule has 0 unspecified atom stereocenters. The van der Waals surface area contributed by atoms with Crippen LogP contribution in [0.3, 0.4) is 0 Å². The van der Waals surface area contributed by atoms with Crippen LogP contribution < -0.4 is 4.90 Å². The lowest BCUT2D eigenvalue weighted by Crippen LogP contribution is -2.09. The molecular formula is C44H30N2. The number of hydrogen-bond donors (Lipinski definition) is 0. The van der Waals surface area contributed by atoms with Crippen molar-refractivity contribution in [3.8, 4) is 16.8 Å². The van der Waals surface area contributed by atoms with E-state index in [9.17, 15) is 0 Å². The first-order valence-corrected chi connectivity index (χ1v) is 15.8. The predicted octanol–water partition coefficient (Wildman–Crippen LogP) is 12.2. The Morgan fingerprint density at radius 1 is 0.348 bits per heavy atom. The van der Waals surface area contributed by atoms with E-state index in [4.69, 9.17) is 0 Å². The Labute approximate surface area is 268 Å². The zero-order valence-corrected chi connectivity index (χ0v) is 25.2. The van der Waals surface area contributed by atoms with Gasteiger partial charge >= 0.3 is 0 Å². The summed E-state index contributed by atoms with van der Waals surface area (Å²) in [4.78, 5) is 2.36. The van der Waals surface area contributed by atoms with Gasteiger partial charge in [0.1, 0.15) is 0 Å². The lowest BCUT2D eigenvalue weighted by Gasteiger charge is -2.26. The Hall–Kier alpha value is -6.12. The molecular weight excluding hydrogens is 556 g/mol. The third-order valence-corrected chi connectivity index (χ3v) is 9.13. The highest BCUT2D eigenvalue weighted by molar-refractivity contribution is 6.22. The molecule has 0 saturated heterocycles. The maximum Gasteiger partial charge on any atom is 0.0547 e. The molecule has 216 valence electrons. The van der Waals surface area contributed by atoms with Crippen LogP contribution in [-0.2, 0) is 0 Å². The van der Waals surface area contributed by atoms with E-state index in [1.807, 2.05) is 0 Å². The fraction of sp³-hybridized carbons (Fsp3) is 0. The standard InChI is InChI=1S/C44H30N2/c1-3-11-31(12-4-1)33-19-23-37(24-20-33)45(36-16-5-2-6-17-36)39-26-28-42-41(30-39)44-40-18-10-9-14-34(40)22-27-43(44)46(42)38-25-21-32-13-7-8-15-35(32)29-38/h1-30H. The van der Waals surface area contributed by atoms with Gasteiger partial charge in [0.25, 0.3) is 0 Å². The van der Waals surface area contributed by atoms with Crippen molar-refractivity contribution in [1.82, 2.24) is 4.57 Å². The highest BCUT2D eigenvalue weighted by atomic mass is 15.1. The molecule has 2 nitrogen and oxygen atoms in total. The number of benzene rings is 8. The van der Waals surface area contributed by atoms with Crippen LogP contribution in [0.4, 0.5) is 17.1 Å².